The second-order valence-electron chi connectivity index (χ2n) is 4.30. The molecule has 7 heteroatoms. The molecule has 2 rings (SSSR count). The third-order valence-electron chi connectivity index (χ3n) is 2.69. The lowest BCUT2D eigenvalue weighted by atomic mass is 10.2. The molecule has 0 radical (unpaired) electrons. The van der Waals surface area contributed by atoms with E-state index in [-0.39, 0.29) is 5.69 Å². The van der Waals surface area contributed by atoms with Crippen LogP contribution >= 0.6 is 15.9 Å². The minimum atomic E-state index is -0.951. The molecule has 0 aliphatic heterocycles. The summed E-state index contributed by atoms with van der Waals surface area (Å²) in [5.74, 6) is -1.42. The first-order valence-electron chi connectivity index (χ1n) is 6.14. The Hall–Kier alpha value is -2.54. The highest BCUT2D eigenvalue weighted by Crippen LogP contribution is 2.21. The van der Waals surface area contributed by atoms with Crippen LogP contribution < -0.4 is 5.32 Å². The smallest absolute Gasteiger partial charge is 0.306 e. The van der Waals surface area contributed by atoms with Crippen molar-refractivity contribution in [1.82, 2.24) is 0 Å². The third-order valence-corrected chi connectivity index (χ3v) is 3.18. The molecule has 5 nitrogen and oxygen atoms in total. The lowest BCUT2D eigenvalue weighted by Gasteiger charge is -2.02. The summed E-state index contributed by atoms with van der Waals surface area (Å²) in [5, 5.41) is 13.1. The van der Waals surface area contributed by atoms with E-state index in [1.165, 1.54) is 12.1 Å². The molecule has 2 aromatic carbocycles. The Morgan fingerprint density at radius 2 is 2.05 bits per heavy atom. The number of nitro groups is 1. The Morgan fingerprint density at radius 1 is 1.27 bits per heavy atom. The minimum Gasteiger partial charge on any atom is -0.322 e. The summed E-state index contributed by atoms with van der Waals surface area (Å²) in [6.07, 6.45) is 2.88. The highest BCUT2D eigenvalue weighted by Gasteiger charge is 2.14. The van der Waals surface area contributed by atoms with Gasteiger partial charge in [-0.2, -0.15) is 4.39 Å². The molecule has 0 bridgehead atoms. The Kier molecular flexibility index (Phi) is 5.00. The number of nitrogens with one attached hydrogen (secondary N) is 1. The standard InChI is InChI=1S/C15H10BrFN2O3/c16-11-3-1-2-10(8-11)4-7-15(20)18-12-5-6-13(17)14(9-12)19(21)22/h1-9H,(H,18,20)/b7-4+. The molecule has 2 aromatic rings. The van der Waals surface area contributed by atoms with Crippen molar-refractivity contribution in [2.75, 3.05) is 5.32 Å². The van der Waals surface area contributed by atoms with Gasteiger partial charge in [-0.1, -0.05) is 28.1 Å². The molecule has 0 fully saturated rings. The zero-order chi connectivity index (χ0) is 16.1. The lowest BCUT2D eigenvalue weighted by Crippen LogP contribution is -2.08. The van der Waals surface area contributed by atoms with Gasteiger partial charge in [0.05, 0.1) is 4.92 Å². The molecule has 0 saturated carbocycles. The molecule has 1 N–H and O–H groups in total. The second kappa shape index (κ2) is 6.95. The number of carbonyl (C=O) groups excluding carboxylic acids is 1. The predicted octanol–water partition coefficient (Wildman–Crippen LogP) is 4.15. The molecule has 0 saturated heterocycles. The van der Waals surface area contributed by atoms with Crippen LogP contribution in [-0.4, -0.2) is 10.8 Å². The van der Waals surface area contributed by atoms with Crippen LogP contribution in [0.5, 0.6) is 0 Å². The predicted molar refractivity (Wildman–Crippen MR) is 84.9 cm³/mol. The van der Waals surface area contributed by atoms with Gasteiger partial charge in [0, 0.05) is 22.3 Å². The molecule has 0 unspecified atom stereocenters. The van der Waals surface area contributed by atoms with Gasteiger partial charge in [-0.25, -0.2) is 0 Å². The van der Waals surface area contributed by atoms with Crippen LogP contribution in [-0.2, 0) is 4.79 Å². The van der Waals surface area contributed by atoms with Crippen LogP contribution in [0.3, 0.4) is 0 Å². The van der Waals surface area contributed by atoms with Gasteiger partial charge in [-0.3, -0.25) is 14.9 Å². The maximum Gasteiger partial charge on any atom is 0.306 e. The number of nitro benzene ring substituents is 1. The van der Waals surface area contributed by atoms with Crippen molar-refractivity contribution in [3.8, 4) is 0 Å². The van der Waals surface area contributed by atoms with Crippen molar-refractivity contribution in [2.24, 2.45) is 0 Å². The van der Waals surface area contributed by atoms with Gasteiger partial charge in [0.1, 0.15) is 0 Å². The second-order valence-corrected chi connectivity index (χ2v) is 5.22. The third kappa shape index (κ3) is 4.23. The number of hydrogen-bond acceptors (Lipinski definition) is 3. The summed E-state index contributed by atoms with van der Waals surface area (Å²) >= 11 is 3.32. The number of anilines is 1. The van der Waals surface area contributed by atoms with E-state index >= 15 is 0 Å². The Morgan fingerprint density at radius 3 is 2.73 bits per heavy atom. The highest BCUT2D eigenvalue weighted by atomic mass is 79.9. The van der Waals surface area contributed by atoms with E-state index in [2.05, 4.69) is 21.2 Å². The number of amides is 1. The van der Waals surface area contributed by atoms with Crippen LogP contribution in [0.25, 0.3) is 6.08 Å². The first-order chi connectivity index (χ1) is 10.5. The fraction of sp³-hybridized carbons (Fsp3) is 0. The van der Waals surface area contributed by atoms with Gasteiger partial charge in [-0.05, 0) is 35.9 Å². The van der Waals surface area contributed by atoms with E-state index in [1.807, 2.05) is 24.3 Å². The van der Waals surface area contributed by atoms with Crippen LogP contribution in [0.15, 0.2) is 53.0 Å². The Labute approximate surface area is 133 Å². The van der Waals surface area contributed by atoms with E-state index in [9.17, 15) is 19.3 Å². The maximum absolute atomic E-state index is 13.2. The maximum atomic E-state index is 13.2. The number of halogens is 2. The molecule has 22 heavy (non-hydrogen) atoms. The fourth-order valence-electron chi connectivity index (χ4n) is 1.70. The number of carbonyl (C=O) groups is 1. The molecule has 0 aromatic heterocycles. The van der Waals surface area contributed by atoms with Gasteiger partial charge >= 0.3 is 5.69 Å². The lowest BCUT2D eigenvalue weighted by molar-refractivity contribution is -0.387. The Balaban J connectivity index is 2.09. The SMILES string of the molecule is O=C(/C=C/c1cccc(Br)c1)Nc1ccc(F)c([N+](=O)[O-])c1. The van der Waals surface area contributed by atoms with Crippen molar-refractivity contribution in [1.29, 1.82) is 0 Å². The molecule has 1 amide bonds. The van der Waals surface area contributed by atoms with Gasteiger partial charge in [0.2, 0.25) is 11.7 Å². The molecule has 112 valence electrons. The zero-order valence-electron chi connectivity index (χ0n) is 11.1. The minimum absolute atomic E-state index is 0.150. The summed E-state index contributed by atoms with van der Waals surface area (Å²) in [6, 6.07) is 10.5. The van der Waals surface area contributed by atoms with Crippen molar-refractivity contribution in [3.63, 3.8) is 0 Å². The highest BCUT2D eigenvalue weighted by molar-refractivity contribution is 9.10. The van der Waals surface area contributed by atoms with Gasteiger partial charge in [-0.15, -0.1) is 0 Å². The van der Waals surface area contributed by atoms with Crippen LogP contribution in [0, 0.1) is 15.9 Å². The zero-order valence-corrected chi connectivity index (χ0v) is 12.7. The van der Waals surface area contributed by atoms with E-state index in [0.29, 0.717) is 0 Å². The van der Waals surface area contributed by atoms with Crippen LogP contribution in [0.4, 0.5) is 15.8 Å². The van der Waals surface area contributed by atoms with Crippen LogP contribution in [0.2, 0.25) is 0 Å². The molecular formula is C15H10BrFN2O3. The van der Waals surface area contributed by atoms with Gasteiger partial charge in [0.25, 0.3) is 0 Å². The van der Waals surface area contributed by atoms with E-state index in [0.717, 1.165) is 22.2 Å². The van der Waals surface area contributed by atoms with Crippen LogP contribution in [0.1, 0.15) is 5.56 Å². The van der Waals surface area contributed by atoms with Crippen molar-refractivity contribution < 1.29 is 14.1 Å². The largest absolute Gasteiger partial charge is 0.322 e. The average molecular weight is 365 g/mol. The monoisotopic (exact) mass is 364 g/mol. The number of hydrogen-bond donors (Lipinski definition) is 1. The number of rotatable bonds is 4. The topological polar surface area (TPSA) is 72.2 Å². The quantitative estimate of drug-likeness (QED) is 0.503. The molecule has 0 aliphatic rings. The first kappa shape index (κ1) is 15.8. The average Bonchev–Trinajstić information content (AvgIpc) is 2.47. The summed E-state index contributed by atoms with van der Waals surface area (Å²) in [6.45, 7) is 0. The summed E-state index contributed by atoms with van der Waals surface area (Å²) in [4.78, 5) is 21.6. The number of benzene rings is 2. The molecule has 0 aliphatic carbocycles. The van der Waals surface area contributed by atoms with Crippen molar-refractivity contribution in [2.45, 2.75) is 0 Å². The van der Waals surface area contributed by atoms with Gasteiger partial charge < -0.3 is 5.32 Å². The molecule has 0 spiro atoms. The first-order valence-corrected chi connectivity index (χ1v) is 6.93. The molecule has 0 heterocycles. The molecule has 0 atom stereocenters. The van der Waals surface area contributed by atoms with Crippen molar-refractivity contribution in [3.05, 3.63) is 74.5 Å². The summed E-state index contributed by atoms with van der Waals surface area (Å²) in [7, 11) is 0. The number of nitrogens with zero attached hydrogens (tertiary/aromatic N) is 1. The van der Waals surface area contributed by atoms with Crippen molar-refractivity contribution >= 4 is 39.3 Å². The normalized spacial score (nSPS) is 10.6. The van der Waals surface area contributed by atoms with E-state index < -0.39 is 22.3 Å². The fourth-order valence-corrected chi connectivity index (χ4v) is 2.11. The van der Waals surface area contributed by atoms with E-state index in [1.54, 1.807) is 6.08 Å². The Bertz CT molecular complexity index is 762. The van der Waals surface area contributed by atoms with E-state index in [4.69, 9.17) is 0 Å². The molecular weight excluding hydrogens is 355 g/mol. The summed E-state index contributed by atoms with van der Waals surface area (Å²) < 4.78 is 14.1. The van der Waals surface area contributed by atoms with Gasteiger partial charge in [0.15, 0.2) is 0 Å². The summed E-state index contributed by atoms with van der Waals surface area (Å²) in [5.41, 5.74) is 0.278.